The van der Waals surface area contributed by atoms with E-state index >= 15 is 0 Å². The highest BCUT2D eigenvalue weighted by atomic mass is 19.4. The normalized spacial score (nSPS) is 22.2. The number of amidine groups is 1. The molecule has 1 rings (SSSR count). The molecule has 0 bridgehead atoms. The van der Waals surface area contributed by atoms with Crippen LogP contribution in [0.4, 0.5) is 13.2 Å². The van der Waals surface area contributed by atoms with Gasteiger partial charge < -0.3 is 16.3 Å². The molecule has 4 N–H and O–H groups in total. The van der Waals surface area contributed by atoms with Crippen LogP contribution in [0.1, 0.15) is 39.0 Å². The number of rotatable bonds is 5. The Hall–Kier alpha value is -0.980. The molecule has 0 aromatic rings. The molecule has 0 radical (unpaired) electrons. The maximum Gasteiger partial charge on any atom is 0.400 e. The Morgan fingerprint density at radius 1 is 1.37 bits per heavy atom. The van der Waals surface area contributed by atoms with Crippen molar-refractivity contribution < 1.29 is 18.4 Å². The van der Waals surface area contributed by atoms with E-state index in [1.807, 2.05) is 6.92 Å². The number of alkyl halides is 3. The van der Waals surface area contributed by atoms with Gasteiger partial charge in [-0.15, -0.1) is 0 Å². The van der Waals surface area contributed by atoms with Gasteiger partial charge in [0, 0.05) is 12.6 Å². The van der Waals surface area contributed by atoms with Crippen molar-refractivity contribution in [2.24, 2.45) is 22.7 Å². The van der Waals surface area contributed by atoms with Crippen LogP contribution in [0.3, 0.4) is 0 Å². The Balaban J connectivity index is 2.51. The van der Waals surface area contributed by atoms with E-state index in [-0.39, 0.29) is 12.6 Å². The number of nitrogens with two attached hydrogens (primary N) is 1. The van der Waals surface area contributed by atoms with Crippen LogP contribution in [0.25, 0.3) is 0 Å². The Kier molecular flexibility index (Phi) is 5.90. The van der Waals surface area contributed by atoms with Gasteiger partial charge in [0.05, 0.1) is 0 Å². The van der Waals surface area contributed by atoms with Crippen molar-refractivity contribution in [3.8, 4) is 0 Å². The van der Waals surface area contributed by atoms with E-state index in [9.17, 15) is 13.2 Å². The topological polar surface area (TPSA) is 70.6 Å². The summed E-state index contributed by atoms with van der Waals surface area (Å²) in [6.07, 6.45) is 1.08. The van der Waals surface area contributed by atoms with Crippen LogP contribution < -0.4 is 11.1 Å². The van der Waals surface area contributed by atoms with Gasteiger partial charge >= 0.3 is 6.18 Å². The first-order chi connectivity index (χ1) is 8.86. The molecule has 0 spiro atoms. The fraction of sp³-hybridized carbons (Fsp3) is 0.917. The third-order valence-corrected chi connectivity index (χ3v) is 3.87. The Labute approximate surface area is 111 Å². The summed E-state index contributed by atoms with van der Waals surface area (Å²) >= 11 is 0. The molecule has 0 heterocycles. The van der Waals surface area contributed by atoms with Gasteiger partial charge in [0.2, 0.25) is 0 Å². The Bertz CT molecular complexity index is 301. The van der Waals surface area contributed by atoms with E-state index in [1.54, 1.807) is 0 Å². The predicted octanol–water partition coefficient (Wildman–Crippen LogP) is 2.47. The van der Waals surface area contributed by atoms with Gasteiger partial charge in [-0.1, -0.05) is 24.4 Å². The molecule has 19 heavy (non-hydrogen) atoms. The molecule has 1 aliphatic carbocycles. The second-order valence-electron chi connectivity index (χ2n) is 5.21. The van der Waals surface area contributed by atoms with Gasteiger partial charge in [-0.3, -0.25) is 0 Å². The van der Waals surface area contributed by atoms with Crippen molar-refractivity contribution in [1.82, 2.24) is 5.32 Å². The number of oxime groups is 1. The largest absolute Gasteiger partial charge is 0.409 e. The monoisotopic (exact) mass is 281 g/mol. The van der Waals surface area contributed by atoms with Crippen LogP contribution in [-0.4, -0.2) is 29.8 Å². The standard InChI is InChI=1S/C12H22F3N3O/c1-8(9-5-3-2-4-6-9)17-7-10(11(16)18-19)12(13,14)15/h8-10,17,19H,2-7H2,1H3,(H2,16,18)/t8-,10?/m0/s1. The van der Waals surface area contributed by atoms with Gasteiger partial charge in [-0.2, -0.15) is 13.2 Å². The second-order valence-corrected chi connectivity index (χ2v) is 5.21. The van der Waals surface area contributed by atoms with Gasteiger partial charge in [0.25, 0.3) is 0 Å². The lowest BCUT2D eigenvalue weighted by molar-refractivity contribution is -0.155. The lowest BCUT2D eigenvalue weighted by Crippen LogP contribution is -2.46. The molecule has 1 unspecified atom stereocenters. The maximum atomic E-state index is 12.7. The predicted molar refractivity (Wildman–Crippen MR) is 67.0 cm³/mol. The minimum atomic E-state index is -4.50. The van der Waals surface area contributed by atoms with Crippen LogP contribution in [-0.2, 0) is 0 Å². The first-order valence-corrected chi connectivity index (χ1v) is 6.63. The van der Waals surface area contributed by atoms with Crippen molar-refractivity contribution in [3.63, 3.8) is 0 Å². The highest BCUT2D eigenvalue weighted by Crippen LogP contribution is 2.28. The van der Waals surface area contributed by atoms with Gasteiger partial charge in [0.15, 0.2) is 5.84 Å². The number of halogens is 3. The number of hydrogen-bond acceptors (Lipinski definition) is 3. The van der Waals surface area contributed by atoms with Crippen LogP contribution in [0, 0.1) is 11.8 Å². The first-order valence-electron chi connectivity index (χ1n) is 6.63. The second kappa shape index (κ2) is 6.98. The van der Waals surface area contributed by atoms with E-state index in [4.69, 9.17) is 10.9 Å². The minimum Gasteiger partial charge on any atom is -0.409 e. The molecule has 0 aliphatic heterocycles. The fourth-order valence-electron chi connectivity index (χ4n) is 2.56. The summed E-state index contributed by atoms with van der Waals surface area (Å²) in [5, 5.41) is 13.8. The van der Waals surface area contributed by atoms with E-state index in [0.717, 1.165) is 25.7 Å². The van der Waals surface area contributed by atoms with Crippen LogP contribution >= 0.6 is 0 Å². The lowest BCUT2D eigenvalue weighted by Gasteiger charge is -2.30. The highest BCUT2D eigenvalue weighted by Gasteiger charge is 2.42. The quantitative estimate of drug-likeness (QED) is 0.314. The van der Waals surface area contributed by atoms with Gasteiger partial charge in [-0.25, -0.2) is 0 Å². The van der Waals surface area contributed by atoms with Crippen molar-refractivity contribution in [1.29, 1.82) is 0 Å². The zero-order valence-electron chi connectivity index (χ0n) is 11.1. The smallest absolute Gasteiger partial charge is 0.400 e. The highest BCUT2D eigenvalue weighted by molar-refractivity contribution is 5.83. The SMILES string of the molecule is C[C@H](NCC(C(N)=NO)C(F)(F)F)C1CCCCC1. The van der Waals surface area contributed by atoms with E-state index < -0.39 is 17.9 Å². The van der Waals surface area contributed by atoms with E-state index in [0.29, 0.717) is 5.92 Å². The van der Waals surface area contributed by atoms with Crippen LogP contribution in [0.5, 0.6) is 0 Å². The molecule has 1 aliphatic rings. The summed E-state index contributed by atoms with van der Waals surface area (Å²) in [4.78, 5) is 0. The van der Waals surface area contributed by atoms with E-state index in [2.05, 4.69) is 10.5 Å². The van der Waals surface area contributed by atoms with Crippen molar-refractivity contribution >= 4 is 5.84 Å². The molecule has 0 aromatic heterocycles. The molecule has 0 aromatic carbocycles. The van der Waals surface area contributed by atoms with Crippen LogP contribution in [0.2, 0.25) is 0 Å². The van der Waals surface area contributed by atoms with Gasteiger partial charge in [-0.05, 0) is 25.7 Å². The Morgan fingerprint density at radius 3 is 2.42 bits per heavy atom. The molecule has 4 nitrogen and oxygen atoms in total. The maximum absolute atomic E-state index is 12.7. The van der Waals surface area contributed by atoms with Crippen molar-refractivity contribution in [3.05, 3.63) is 0 Å². The third kappa shape index (κ3) is 4.89. The number of nitrogens with one attached hydrogen (secondary N) is 1. The molecule has 2 atom stereocenters. The zero-order chi connectivity index (χ0) is 14.5. The number of nitrogens with zero attached hydrogens (tertiary/aromatic N) is 1. The summed E-state index contributed by atoms with van der Waals surface area (Å²) in [5.74, 6) is -2.32. The lowest BCUT2D eigenvalue weighted by atomic mass is 9.84. The molecule has 112 valence electrons. The van der Waals surface area contributed by atoms with Gasteiger partial charge in [0.1, 0.15) is 5.92 Å². The summed E-state index contributed by atoms with van der Waals surface area (Å²) in [7, 11) is 0. The Morgan fingerprint density at radius 2 is 1.95 bits per heavy atom. The molecule has 0 saturated heterocycles. The first kappa shape index (κ1) is 16.1. The summed E-state index contributed by atoms with van der Waals surface area (Å²) in [6.45, 7) is 1.55. The summed E-state index contributed by atoms with van der Waals surface area (Å²) in [5.41, 5.74) is 5.11. The molecule has 7 heteroatoms. The van der Waals surface area contributed by atoms with Crippen molar-refractivity contribution in [2.45, 2.75) is 51.2 Å². The fourth-order valence-corrected chi connectivity index (χ4v) is 2.56. The number of hydrogen-bond donors (Lipinski definition) is 3. The molecule has 1 saturated carbocycles. The molecule has 0 amide bonds. The third-order valence-electron chi connectivity index (χ3n) is 3.87. The summed E-state index contributed by atoms with van der Waals surface area (Å²) < 4.78 is 38.2. The molecular weight excluding hydrogens is 259 g/mol. The molecular formula is C12H22F3N3O. The van der Waals surface area contributed by atoms with Crippen LogP contribution in [0.15, 0.2) is 5.16 Å². The average Bonchev–Trinajstić information content (AvgIpc) is 2.37. The molecule has 1 fully saturated rings. The summed E-state index contributed by atoms with van der Waals surface area (Å²) in [6, 6.07) is 0.0108. The average molecular weight is 281 g/mol. The zero-order valence-corrected chi connectivity index (χ0v) is 11.1. The van der Waals surface area contributed by atoms with Crippen molar-refractivity contribution in [2.75, 3.05) is 6.54 Å². The van der Waals surface area contributed by atoms with E-state index in [1.165, 1.54) is 6.42 Å². The minimum absolute atomic E-state index is 0.0108.